The Morgan fingerprint density at radius 2 is 1.74 bits per heavy atom. The molecule has 0 heterocycles. The lowest BCUT2D eigenvalue weighted by atomic mass is 9.95. The lowest BCUT2D eigenvalue weighted by Crippen LogP contribution is -2.44. The van der Waals surface area contributed by atoms with Crippen molar-refractivity contribution in [1.29, 1.82) is 0 Å². The largest absolute Gasteiger partial charge is 0.506 e. The molecule has 0 aliphatic heterocycles. The molecule has 0 saturated heterocycles. The number of sulfonamides is 1. The first-order valence-corrected chi connectivity index (χ1v) is 13.2. The number of phenols is 1. The molecule has 34 heavy (non-hydrogen) atoms. The van der Waals surface area contributed by atoms with Crippen LogP contribution in [-0.2, 0) is 14.8 Å². The van der Waals surface area contributed by atoms with Crippen molar-refractivity contribution in [3.8, 4) is 11.5 Å². The van der Waals surface area contributed by atoms with Crippen molar-refractivity contribution in [2.75, 3.05) is 24.6 Å². The van der Waals surface area contributed by atoms with Gasteiger partial charge in [-0.15, -0.1) is 0 Å². The highest BCUT2D eigenvalue weighted by Crippen LogP contribution is 2.28. The van der Waals surface area contributed by atoms with E-state index in [9.17, 15) is 23.4 Å². The second-order valence-corrected chi connectivity index (χ2v) is 10.4. The third kappa shape index (κ3) is 7.34. The molecule has 3 rings (SSSR count). The van der Waals surface area contributed by atoms with Gasteiger partial charge in [-0.05, 0) is 48.2 Å². The van der Waals surface area contributed by atoms with Crippen molar-refractivity contribution in [3.63, 3.8) is 0 Å². The van der Waals surface area contributed by atoms with E-state index in [4.69, 9.17) is 4.74 Å². The van der Waals surface area contributed by atoms with E-state index >= 15 is 0 Å². The number of carbonyl (C=O) groups excluding carboxylic acids is 1. The van der Waals surface area contributed by atoms with E-state index in [0.717, 1.165) is 37.5 Å². The number of aromatic hydroxyl groups is 1. The van der Waals surface area contributed by atoms with Crippen molar-refractivity contribution in [3.05, 3.63) is 53.6 Å². The number of hydrogen-bond acceptors (Lipinski definition) is 7. The number of benzene rings is 2. The minimum absolute atomic E-state index is 0.0257. The molecule has 186 valence electrons. The second-order valence-electron chi connectivity index (χ2n) is 8.62. The Bertz CT molecular complexity index is 1070. The van der Waals surface area contributed by atoms with Crippen LogP contribution in [0.3, 0.4) is 0 Å². The molecule has 1 saturated carbocycles. The summed E-state index contributed by atoms with van der Waals surface area (Å²) in [5, 5.41) is 26.9. The fraction of sp³-hybridized carbons (Fsp3) is 0.458. The Morgan fingerprint density at radius 1 is 1.09 bits per heavy atom. The summed E-state index contributed by atoms with van der Waals surface area (Å²) in [6, 6.07) is 10.8. The molecule has 1 unspecified atom stereocenters. The quantitative estimate of drug-likeness (QED) is 0.322. The molecule has 2 atom stereocenters. The topological polar surface area (TPSA) is 137 Å². The number of rotatable bonds is 10. The third-order valence-electron chi connectivity index (χ3n) is 5.88. The maximum absolute atomic E-state index is 13.2. The number of anilines is 1. The summed E-state index contributed by atoms with van der Waals surface area (Å²) in [5.74, 6) is 0.247. The molecule has 1 fully saturated rings. The molecule has 0 bridgehead atoms. The molecule has 2 aromatic rings. The number of methoxy groups -OCH3 is 1. The van der Waals surface area contributed by atoms with Gasteiger partial charge < -0.3 is 20.3 Å². The van der Waals surface area contributed by atoms with Gasteiger partial charge >= 0.3 is 0 Å². The average Bonchev–Trinajstić information content (AvgIpc) is 2.80. The maximum Gasteiger partial charge on any atom is 0.241 e. The molecule has 2 aromatic carbocycles. The molecule has 0 spiro atoms. The first kappa shape index (κ1) is 25.8. The summed E-state index contributed by atoms with van der Waals surface area (Å²) in [5.41, 5.74) is 1.09. The highest BCUT2D eigenvalue weighted by atomic mass is 32.2. The molecule has 1 aliphatic rings. The van der Waals surface area contributed by atoms with Gasteiger partial charge in [0.2, 0.25) is 15.9 Å². The number of phenolic OH excluding ortho intramolecular Hbond substituents is 1. The predicted molar refractivity (Wildman–Crippen MR) is 130 cm³/mol. The molecule has 0 aromatic heterocycles. The van der Waals surface area contributed by atoms with E-state index in [0.29, 0.717) is 11.3 Å². The number of hydrogen-bond donors (Lipinski definition) is 5. The fourth-order valence-corrected chi connectivity index (χ4v) is 4.64. The first-order valence-electron chi connectivity index (χ1n) is 11.3. The van der Waals surface area contributed by atoms with Crippen LogP contribution in [0.4, 0.5) is 5.69 Å². The van der Waals surface area contributed by atoms with Crippen molar-refractivity contribution >= 4 is 21.6 Å². The summed E-state index contributed by atoms with van der Waals surface area (Å²) in [7, 11) is -2.03. The zero-order valence-electron chi connectivity index (χ0n) is 19.5. The van der Waals surface area contributed by atoms with Crippen LogP contribution in [0.15, 0.2) is 42.5 Å². The van der Waals surface area contributed by atoms with Crippen molar-refractivity contribution in [2.24, 2.45) is 0 Å². The lowest BCUT2D eigenvalue weighted by Gasteiger charge is -2.27. The van der Waals surface area contributed by atoms with Gasteiger partial charge in [-0.3, -0.25) is 14.8 Å². The standard InChI is InChI=1S/C24H33N3O6S/c1-33-19-11-8-16(9-12-19)23(24(30)26-18-6-4-3-5-7-18)25-15-22(29)17-10-13-21(28)20(14-17)27-34(2,31)32/h8-14,18,22-23,25,27-29H,3-7,15H2,1-2H3,(H,26,30)/t22-,23?/m1/s1. The van der Waals surface area contributed by atoms with Gasteiger partial charge in [0.15, 0.2) is 0 Å². The summed E-state index contributed by atoms with van der Waals surface area (Å²) >= 11 is 0. The second kappa shape index (κ2) is 11.5. The third-order valence-corrected chi connectivity index (χ3v) is 6.47. The van der Waals surface area contributed by atoms with Gasteiger partial charge in [0.1, 0.15) is 17.5 Å². The maximum atomic E-state index is 13.2. The summed E-state index contributed by atoms with van der Waals surface area (Å²) in [4.78, 5) is 13.2. The van der Waals surface area contributed by atoms with Crippen LogP contribution in [0.25, 0.3) is 0 Å². The molecule has 1 amide bonds. The van der Waals surface area contributed by atoms with Gasteiger partial charge in [-0.2, -0.15) is 0 Å². The smallest absolute Gasteiger partial charge is 0.241 e. The van der Waals surface area contributed by atoms with Crippen molar-refractivity contribution in [2.45, 2.75) is 50.3 Å². The molecule has 5 N–H and O–H groups in total. The zero-order valence-corrected chi connectivity index (χ0v) is 20.3. The number of amides is 1. The lowest BCUT2D eigenvalue weighted by molar-refractivity contribution is -0.124. The Hall–Kier alpha value is -2.82. The summed E-state index contributed by atoms with van der Waals surface area (Å²) < 4.78 is 30.5. The number of nitrogens with one attached hydrogen (secondary N) is 3. The van der Waals surface area contributed by atoms with Crippen LogP contribution in [-0.4, -0.2) is 50.5 Å². The number of aliphatic hydroxyl groups is 1. The fourth-order valence-electron chi connectivity index (χ4n) is 4.08. The molecule has 0 radical (unpaired) electrons. The summed E-state index contributed by atoms with van der Waals surface area (Å²) in [6.45, 7) is 0.0257. The molecule has 9 nitrogen and oxygen atoms in total. The first-order chi connectivity index (χ1) is 16.2. The monoisotopic (exact) mass is 491 g/mol. The Balaban J connectivity index is 1.75. The van der Waals surface area contributed by atoms with E-state index in [1.54, 1.807) is 31.4 Å². The van der Waals surface area contributed by atoms with Crippen LogP contribution >= 0.6 is 0 Å². The van der Waals surface area contributed by atoms with Gasteiger partial charge in [0, 0.05) is 12.6 Å². The van der Waals surface area contributed by atoms with E-state index < -0.39 is 22.2 Å². The minimum Gasteiger partial charge on any atom is -0.506 e. The van der Waals surface area contributed by atoms with Crippen molar-refractivity contribution < 1.29 is 28.2 Å². The average molecular weight is 492 g/mol. The number of carbonyl (C=O) groups is 1. The van der Waals surface area contributed by atoms with Crippen LogP contribution < -0.4 is 20.1 Å². The Morgan fingerprint density at radius 3 is 2.35 bits per heavy atom. The molecular formula is C24H33N3O6S. The zero-order chi connectivity index (χ0) is 24.7. The molecule has 10 heteroatoms. The van der Waals surface area contributed by atoms with Gasteiger partial charge in [-0.25, -0.2) is 8.42 Å². The van der Waals surface area contributed by atoms with Crippen LogP contribution in [0, 0.1) is 0 Å². The number of ether oxygens (including phenoxy) is 1. The van der Waals surface area contributed by atoms with Crippen LogP contribution in [0.5, 0.6) is 11.5 Å². The Labute approximate surface area is 200 Å². The van der Waals surface area contributed by atoms with Gasteiger partial charge in [0.05, 0.1) is 25.2 Å². The Kier molecular flexibility index (Phi) is 8.76. The highest BCUT2D eigenvalue weighted by Gasteiger charge is 2.25. The van der Waals surface area contributed by atoms with Crippen molar-refractivity contribution in [1.82, 2.24) is 10.6 Å². The number of aliphatic hydroxyl groups excluding tert-OH is 1. The summed E-state index contributed by atoms with van der Waals surface area (Å²) in [6.07, 6.45) is 5.19. The van der Waals surface area contributed by atoms with E-state index in [-0.39, 0.29) is 29.9 Å². The predicted octanol–water partition coefficient (Wildman–Crippen LogP) is 2.59. The van der Waals surface area contributed by atoms with E-state index in [1.807, 2.05) is 0 Å². The van der Waals surface area contributed by atoms with E-state index in [2.05, 4.69) is 15.4 Å². The van der Waals surface area contributed by atoms with Gasteiger partial charge in [-0.1, -0.05) is 37.5 Å². The molecular weight excluding hydrogens is 458 g/mol. The molecule has 1 aliphatic carbocycles. The normalized spacial score (nSPS) is 16.4. The van der Waals surface area contributed by atoms with Crippen LogP contribution in [0.2, 0.25) is 0 Å². The van der Waals surface area contributed by atoms with E-state index in [1.165, 1.54) is 24.6 Å². The van der Waals surface area contributed by atoms with Gasteiger partial charge in [0.25, 0.3) is 0 Å². The van der Waals surface area contributed by atoms with Crippen LogP contribution in [0.1, 0.15) is 55.4 Å². The SMILES string of the molecule is COc1ccc(C(NC[C@@H](O)c2ccc(O)c(NS(C)(=O)=O)c2)C(=O)NC2CCCCC2)cc1. The highest BCUT2D eigenvalue weighted by molar-refractivity contribution is 7.92. The minimum atomic E-state index is -3.61.